The third-order valence-electron chi connectivity index (χ3n) is 2.86. The van der Waals surface area contributed by atoms with Crippen LogP contribution < -0.4 is 10.1 Å². The number of benzene rings is 1. The molecule has 21 heavy (non-hydrogen) atoms. The zero-order valence-corrected chi connectivity index (χ0v) is 13.2. The number of amides is 1. The fraction of sp³-hybridized carbons (Fsp3) is 0.250. The van der Waals surface area contributed by atoms with E-state index in [1.807, 2.05) is 44.2 Å². The van der Waals surface area contributed by atoms with E-state index < -0.39 is 0 Å². The summed E-state index contributed by atoms with van der Waals surface area (Å²) in [5.74, 6) is 0.895. The fourth-order valence-electron chi connectivity index (χ4n) is 1.78. The van der Waals surface area contributed by atoms with Crippen LogP contribution in [0.5, 0.6) is 5.75 Å². The molecule has 0 aliphatic rings. The van der Waals surface area contributed by atoms with Crippen molar-refractivity contribution in [3.8, 4) is 5.75 Å². The first-order valence-electron chi connectivity index (χ1n) is 6.58. The molecule has 4 nitrogen and oxygen atoms in total. The normalized spacial score (nSPS) is 10.2. The van der Waals surface area contributed by atoms with Crippen molar-refractivity contribution in [2.75, 3.05) is 18.2 Å². The van der Waals surface area contributed by atoms with E-state index in [0.717, 1.165) is 16.2 Å². The summed E-state index contributed by atoms with van der Waals surface area (Å²) in [6.07, 6.45) is 1.80. The quantitative estimate of drug-likeness (QED) is 0.860. The Balaban J connectivity index is 1.95. The van der Waals surface area contributed by atoms with Gasteiger partial charge in [0.1, 0.15) is 5.75 Å². The van der Waals surface area contributed by atoms with E-state index in [0.29, 0.717) is 17.2 Å². The summed E-state index contributed by atoms with van der Waals surface area (Å²) in [6.45, 7) is 3.96. The largest absolute Gasteiger partial charge is 0.495 e. The number of methoxy groups -OCH3 is 1. The summed E-state index contributed by atoms with van der Waals surface area (Å²) in [7, 11) is 1.59. The number of ether oxygens (including phenoxy) is 1. The molecule has 0 spiro atoms. The lowest BCUT2D eigenvalue weighted by Crippen LogP contribution is -2.14. The van der Waals surface area contributed by atoms with Gasteiger partial charge in [-0.05, 0) is 43.2 Å². The maximum atomic E-state index is 12.0. The van der Waals surface area contributed by atoms with Crippen LogP contribution in [0.15, 0.2) is 41.6 Å². The van der Waals surface area contributed by atoms with Crippen LogP contribution in [-0.2, 0) is 4.79 Å². The maximum absolute atomic E-state index is 12.0. The van der Waals surface area contributed by atoms with Gasteiger partial charge in [0.25, 0.3) is 0 Å². The summed E-state index contributed by atoms with van der Waals surface area (Å²) in [4.78, 5) is 16.3. The highest BCUT2D eigenvalue weighted by molar-refractivity contribution is 7.99. The molecule has 1 N–H and O–H groups in total. The van der Waals surface area contributed by atoms with Crippen LogP contribution in [0.25, 0.3) is 0 Å². The molecule has 0 unspecified atom stereocenters. The molecule has 1 aromatic heterocycles. The average Bonchev–Trinajstić information content (AvgIpc) is 2.47. The third kappa shape index (κ3) is 4.49. The number of aryl methyl sites for hydroxylation is 2. The van der Waals surface area contributed by atoms with Crippen molar-refractivity contribution in [3.63, 3.8) is 0 Å². The van der Waals surface area contributed by atoms with Crippen LogP contribution in [-0.4, -0.2) is 23.8 Å². The number of nitrogens with zero attached hydrogens (tertiary/aromatic N) is 1. The Kier molecular flexibility index (Phi) is 5.22. The molecule has 1 amide bonds. The van der Waals surface area contributed by atoms with Gasteiger partial charge in [0.2, 0.25) is 5.91 Å². The minimum Gasteiger partial charge on any atom is -0.495 e. The molecule has 0 saturated heterocycles. The van der Waals surface area contributed by atoms with Crippen molar-refractivity contribution < 1.29 is 9.53 Å². The van der Waals surface area contributed by atoms with E-state index >= 15 is 0 Å². The number of aromatic nitrogens is 1. The molecular formula is C16H18N2O2S. The number of carbonyl (C=O) groups excluding carboxylic acids is 1. The Labute approximate surface area is 128 Å². The van der Waals surface area contributed by atoms with Crippen molar-refractivity contribution in [3.05, 3.63) is 47.7 Å². The molecule has 0 fully saturated rings. The van der Waals surface area contributed by atoms with Gasteiger partial charge in [-0.2, -0.15) is 0 Å². The zero-order valence-electron chi connectivity index (χ0n) is 12.3. The van der Waals surface area contributed by atoms with Gasteiger partial charge in [-0.1, -0.05) is 23.9 Å². The Hall–Kier alpha value is -2.01. The number of thioether (sulfide) groups is 1. The molecule has 1 aromatic carbocycles. The van der Waals surface area contributed by atoms with Gasteiger partial charge in [-0.25, -0.2) is 4.98 Å². The third-order valence-corrected chi connectivity index (χ3v) is 3.81. The first-order chi connectivity index (χ1) is 10.1. The van der Waals surface area contributed by atoms with E-state index in [-0.39, 0.29) is 5.91 Å². The molecule has 110 valence electrons. The minimum absolute atomic E-state index is 0.0775. The van der Waals surface area contributed by atoms with Gasteiger partial charge in [0.15, 0.2) is 0 Å². The number of nitrogens with one attached hydrogen (secondary N) is 1. The van der Waals surface area contributed by atoms with Gasteiger partial charge in [-0.3, -0.25) is 4.79 Å². The number of carbonyl (C=O) groups is 1. The molecule has 0 bridgehead atoms. The smallest absolute Gasteiger partial charge is 0.234 e. The fourth-order valence-corrected chi connectivity index (χ4v) is 2.43. The van der Waals surface area contributed by atoms with E-state index in [9.17, 15) is 4.79 Å². The first kappa shape index (κ1) is 15.4. The summed E-state index contributed by atoms with van der Waals surface area (Å²) in [5, 5.41) is 3.71. The zero-order chi connectivity index (χ0) is 15.2. The Morgan fingerprint density at radius 2 is 2.00 bits per heavy atom. The van der Waals surface area contributed by atoms with Crippen molar-refractivity contribution in [1.82, 2.24) is 4.98 Å². The number of anilines is 1. The molecule has 0 saturated carbocycles. The van der Waals surface area contributed by atoms with Crippen molar-refractivity contribution in [2.45, 2.75) is 18.9 Å². The summed E-state index contributed by atoms with van der Waals surface area (Å²) in [5.41, 5.74) is 2.87. The molecule has 0 atom stereocenters. The van der Waals surface area contributed by atoms with Crippen LogP contribution in [0.4, 0.5) is 5.69 Å². The lowest BCUT2D eigenvalue weighted by atomic mass is 10.2. The van der Waals surface area contributed by atoms with E-state index in [4.69, 9.17) is 4.74 Å². The maximum Gasteiger partial charge on any atom is 0.234 e. The topological polar surface area (TPSA) is 51.2 Å². The molecule has 1 heterocycles. The number of pyridine rings is 1. The lowest BCUT2D eigenvalue weighted by Gasteiger charge is -2.10. The second-order valence-electron chi connectivity index (χ2n) is 4.71. The van der Waals surface area contributed by atoms with Crippen molar-refractivity contribution >= 4 is 23.4 Å². The van der Waals surface area contributed by atoms with Gasteiger partial charge in [0, 0.05) is 6.20 Å². The highest BCUT2D eigenvalue weighted by Gasteiger charge is 2.08. The predicted molar refractivity (Wildman–Crippen MR) is 86.1 cm³/mol. The van der Waals surface area contributed by atoms with E-state index in [1.165, 1.54) is 11.8 Å². The second kappa shape index (κ2) is 7.13. The Morgan fingerprint density at radius 1 is 1.24 bits per heavy atom. The van der Waals surface area contributed by atoms with Crippen LogP contribution >= 0.6 is 11.8 Å². The lowest BCUT2D eigenvalue weighted by molar-refractivity contribution is -0.113. The molecule has 2 aromatic rings. The van der Waals surface area contributed by atoms with Gasteiger partial charge >= 0.3 is 0 Å². The van der Waals surface area contributed by atoms with Crippen molar-refractivity contribution in [1.29, 1.82) is 0 Å². The number of rotatable bonds is 5. The van der Waals surface area contributed by atoms with Crippen LogP contribution in [0.3, 0.4) is 0 Å². The minimum atomic E-state index is -0.0775. The SMILES string of the molecule is COc1ccc(C)cc1NC(=O)CSc1ccc(C)cn1. The van der Waals surface area contributed by atoms with Gasteiger partial charge < -0.3 is 10.1 Å². The highest BCUT2D eigenvalue weighted by atomic mass is 32.2. The van der Waals surface area contributed by atoms with Gasteiger partial charge in [0.05, 0.1) is 23.6 Å². The molecule has 0 radical (unpaired) electrons. The molecule has 0 aliphatic heterocycles. The number of hydrogen-bond donors (Lipinski definition) is 1. The molecule has 5 heteroatoms. The summed E-state index contributed by atoms with van der Waals surface area (Å²) >= 11 is 1.41. The standard InChI is InChI=1S/C16H18N2O2S/c1-11-4-6-14(20-3)13(8-11)18-15(19)10-21-16-7-5-12(2)9-17-16/h4-9H,10H2,1-3H3,(H,18,19). The molecule has 2 rings (SSSR count). The molecule has 0 aliphatic carbocycles. The summed E-state index contributed by atoms with van der Waals surface area (Å²) < 4.78 is 5.24. The van der Waals surface area contributed by atoms with Gasteiger partial charge in [-0.15, -0.1) is 0 Å². The Bertz CT molecular complexity index is 627. The second-order valence-corrected chi connectivity index (χ2v) is 5.71. The van der Waals surface area contributed by atoms with Crippen LogP contribution in [0, 0.1) is 13.8 Å². The number of hydrogen-bond acceptors (Lipinski definition) is 4. The van der Waals surface area contributed by atoms with E-state index in [2.05, 4.69) is 10.3 Å². The Morgan fingerprint density at radius 3 is 2.67 bits per heavy atom. The van der Waals surface area contributed by atoms with Crippen LogP contribution in [0.1, 0.15) is 11.1 Å². The first-order valence-corrected chi connectivity index (χ1v) is 7.57. The monoisotopic (exact) mass is 302 g/mol. The van der Waals surface area contributed by atoms with E-state index in [1.54, 1.807) is 13.3 Å². The van der Waals surface area contributed by atoms with Crippen molar-refractivity contribution in [2.24, 2.45) is 0 Å². The molecular weight excluding hydrogens is 284 g/mol. The highest BCUT2D eigenvalue weighted by Crippen LogP contribution is 2.25. The van der Waals surface area contributed by atoms with Crippen LogP contribution in [0.2, 0.25) is 0 Å². The average molecular weight is 302 g/mol. The summed E-state index contributed by atoms with van der Waals surface area (Å²) in [6, 6.07) is 9.59. The predicted octanol–water partition coefficient (Wildman–Crippen LogP) is 3.44.